The molecular formula is C60H71F5N8O7. The fourth-order valence-electron chi connectivity index (χ4n) is 14.2. The minimum absolute atomic E-state index is 0.00454. The lowest BCUT2D eigenvalue weighted by Gasteiger charge is -2.40. The first-order valence-corrected chi connectivity index (χ1v) is 29.0. The van der Waals surface area contributed by atoms with Crippen LogP contribution in [0.3, 0.4) is 0 Å². The van der Waals surface area contributed by atoms with Gasteiger partial charge in [0.05, 0.1) is 46.4 Å². The molecule has 2 unspecified atom stereocenters. The summed E-state index contributed by atoms with van der Waals surface area (Å²) in [5.74, 6) is -4.46. The fourth-order valence-corrected chi connectivity index (χ4v) is 14.2. The summed E-state index contributed by atoms with van der Waals surface area (Å²) in [5, 5.41) is 10.9. The Bertz CT molecular complexity index is 3030. The third-order valence-electron chi connectivity index (χ3n) is 18.9. The van der Waals surface area contributed by atoms with E-state index in [-0.39, 0.29) is 116 Å². The number of carbonyl (C=O) groups is 5. The first-order chi connectivity index (χ1) is 38.5. The van der Waals surface area contributed by atoms with Gasteiger partial charge in [0.1, 0.15) is 17.7 Å². The van der Waals surface area contributed by atoms with Crippen LogP contribution in [0.5, 0.6) is 0 Å². The lowest BCUT2D eigenvalue weighted by Crippen LogP contribution is -2.55. The molecule has 2 N–H and O–H groups in total. The van der Waals surface area contributed by atoms with Crippen LogP contribution >= 0.6 is 0 Å². The van der Waals surface area contributed by atoms with Crippen LogP contribution in [0.25, 0.3) is 10.8 Å². The number of hydrogen-bond acceptors (Lipinski definition) is 9. The second-order valence-electron chi connectivity index (χ2n) is 23.8. The predicted molar refractivity (Wildman–Crippen MR) is 286 cm³/mol. The third-order valence-corrected chi connectivity index (χ3v) is 18.9. The van der Waals surface area contributed by atoms with E-state index in [9.17, 15) is 41.9 Å². The van der Waals surface area contributed by atoms with Gasteiger partial charge in [-0.25, -0.2) is 13.9 Å². The first kappa shape index (κ1) is 55.6. The van der Waals surface area contributed by atoms with Gasteiger partial charge in [0.2, 0.25) is 17.7 Å². The molecule has 3 atom stereocenters. The Morgan fingerprint density at radius 3 is 2.10 bits per heavy atom. The smallest absolute Gasteiger partial charge is 0.375 e. The van der Waals surface area contributed by atoms with Crippen LogP contribution in [-0.2, 0) is 25.5 Å². The molecule has 80 heavy (non-hydrogen) atoms. The number of nitrogens with zero attached hydrogens (tertiary/aromatic N) is 6. The van der Waals surface area contributed by atoms with Crippen molar-refractivity contribution in [2.45, 2.75) is 127 Å². The molecule has 8 aliphatic rings. The number of H-pyrrole nitrogens is 1. The Morgan fingerprint density at radius 1 is 0.713 bits per heavy atom. The number of ether oxygens (including phenoxy) is 1. The van der Waals surface area contributed by atoms with Crippen LogP contribution in [0.2, 0.25) is 0 Å². The summed E-state index contributed by atoms with van der Waals surface area (Å²) in [6, 6.07) is 15.3. The molecule has 3 aromatic carbocycles. The fraction of sp³-hybridized carbons (Fsp3) is 0.583. The average Bonchev–Trinajstić information content (AvgIpc) is 4.08. The summed E-state index contributed by atoms with van der Waals surface area (Å²) in [6.07, 6.45) is 3.92. The normalized spacial score (nSPS) is 24.9. The van der Waals surface area contributed by atoms with Crippen molar-refractivity contribution in [1.29, 1.82) is 0 Å². The standard InChI is InChI=1S/C60H71F5N8O7/c61-49-16-15-37(31-50-44-11-4-5-12-45(44)55(76)68-67-50)30-47(49)56(77)72-28-26-70(27-29-72)51(74)36-69-22-17-41(18-23-69)80-42-19-24-71(25-20-42)58(79)53(38-8-2-1-3-9-38)66-54(75)46-14-6-13-43(52(46)62)39-10-7-21-73(35-39)57(78)48-34-59(60(63,64)65)32-40(48)33-59/h4-6,11-16,30,38-42,48,53H,1-3,7-10,17-29,31-36H2,(H,66,75)(H,68,76)/t39?,40?,48?,53-,59?/m1/s1. The Morgan fingerprint density at radius 2 is 1.40 bits per heavy atom. The lowest BCUT2D eigenvalue weighted by atomic mass is 9.69. The number of likely N-dealkylation sites (tertiary alicyclic amines) is 3. The molecular weight excluding hydrogens is 1040 g/mol. The highest BCUT2D eigenvalue weighted by Gasteiger charge is 2.70. The number of aromatic nitrogens is 2. The molecule has 0 radical (unpaired) electrons. The maximum Gasteiger partial charge on any atom is 0.394 e. The van der Waals surface area contributed by atoms with Crippen molar-refractivity contribution in [2.24, 2.45) is 23.2 Å². The van der Waals surface area contributed by atoms with Crippen LogP contribution in [0.4, 0.5) is 22.0 Å². The first-order valence-electron chi connectivity index (χ1n) is 29.0. The Labute approximate surface area is 461 Å². The molecule has 4 aliphatic heterocycles. The van der Waals surface area contributed by atoms with Gasteiger partial charge in [0.15, 0.2) is 0 Å². The number of rotatable bonds is 13. The van der Waals surface area contributed by atoms with Gasteiger partial charge in [-0.2, -0.15) is 18.3 Å². The number of alkyl halides is 3. The van der Waals surface area contributed by atoms with E-state index in [1.165, 1.54) is 18.2 Å². The van der Waals surface area contributed by atoms with Crippen molar-refractivity contribution < 1.29 is 50.7 Å². The van der Waals surface area contributed by atoms with Gasteiger partial charge in [-0.05, 0) is 118 Å². The number of benzene rings is 3. The number of fused-ring (bicyclic) bond motifs is 2. The lowest BCUT2D eigenvalue weighted by molar-refractivity contribution is -0.244. The maximum atomic E-state index is 16.6. The third kappa shape index (κ3) is 11.5. The molecule has 12 rings (SSSR count). The monoisotopic (exact) mass is 1110 g/mol. The number of piperazine rings is 1. The minimum atomic E-state index is -4.33. The Hall–Kier alpha value is -6.28. The molecule has 4 saturated carbocycles. The topological polar surface area (TPSA) is 169 Å². The molecule has 0 spiro atoms. The van der Waals surface area contributed by atoms with Crippen LogP contribution < -0.4 is 10.9 Å². The Balaban J connectivity index is 0.624. The summed E-state index contributed by atoms with van der Waals surface area (Å²) < 4.78 is 79.8. The quantitative estimate of drug-likeness (QED) is 0.128. The van der Waals surface area contributed by atoms with E-state index in [2.05, 4.69) is 20.4 Å². The van der Waals surface area contributed by atoms with Crippen LogP contribution in [-0.4, -0.2) is 161 Å². The van der Waals surface area contributed by atoms with Crippen molar-refractivity contribution in [2.75, 3.05) is 72.0 Å². The second-order valence-corrected chi connectivity index (χ2v) is 23.8. The van der Waals surface area contributed by atoms with Gasteiger partial charge >= 0.3 is 6.18 Å². The van der Waals surface area contributed by atoms with Gasteiger partial charge in [-0.3, -0.25) is 33.7 Å². The van der Waals surface area contributed by atoms with Gasteiger partial charge in [0.25, 0.3) is 17.4 Å². The molecule has 8 fully saturated rings. The Kier molecular flexibility index (Phi) is 16.2. The summed E-state index contributed by atoms with van der Waals surface area (Å²) >= 11 is 0. The maximum absolute atomic E-state index is 16.6. The summed E-state index contributed by atoms with van der Waals surface area (Å²) in [5.41, 5.74) is -0.743. The summed E-state index contributed by atoms with van der Waals surface area (Å²) in [6.45, 7) is 4.25. The van der Waals surface area contributed by atoms with Gasteiger partial charge in [-0.1, -0.05) is 55.7 Å². The number of nitrogens with one attached hydrogen (secondary N) is 2. The highest BCUT2D eigenvalue weighted by atomic mass is 19.4. The molecule has 20 heteroatoms. The molecule has 5 heterocycles. The summed E-state index contributed by atoms with van der Waals surface area (Å²) in [7, 11) is 0. The van der Waals surface area contributed by atoms with E-state index < -0.39 is 52.9 Å². The number of hydrogen-bond donors (Lipinski definition) is 2. The average molecular weight is 1110 g/mol. The van der Waals surface area contributed by atoms with Crippen LogP contribution in [0, 0.1) is 34.8 Å². The van der Waals surface area contributed by atoms with E-state index in [0.717, 1.165) is 44.9 Å². The van der Waals surface area contributed by atoms with Crippen molar-refractivity contribution in [3.63, 3.8) is 0 Å². The van der Waals surface area contributed by atoms with Gasteiger partial charge in [0, 0.05) is 89.1 Å². The molecule has 4 aliphatic carbocycles. The van der Waals surface area contributed by atoms with Crippen molar-refractivity contribution in [3.05, 3.63) is 111 Å². The number of piperidine rings is 3. The molecule has 15 nitrogen and oxygen atoms in total. The second kappa shape index (κ2) is 23.3. The molecule has 5 amide bonds. The SMILES string of the molecule is O=C(N[C@@H](C(=O)N1CCC(OC2CCN(CC(=O)N3CCN(C(=O)c4cc(Cc5n[nH]c(=O)c6ccccc56)ccc4F)CC3)CC2)CC1)C1CCCCC1)c1cccc(C2CCCN(C(=O)C3CC4(C(F)(F)F)CC3C4)C2)c1F. The zero-order valence-electron chi connectivity index (χ0n) is 45.1. The summed E-state index contributed by atoms with van der Waals surface area (Å²) in [4.78, 5) is 90.4. The number of carbonyl (C=O) groups excluding carboxylic acids is 5. The molecule has 4 aromatic rings. The van der Waals surface area contributed by atoms with Crippen LogP contribution in [0.1, 0.15) is 133 Å². The number of amides is 5. The minimum Gasteiger partial charge on any atom is -0.375 e. The molecule has 1 aromatic heterocycles. The number of aromatic amines is 1. The predicted octanol–water partition coefficient (Wildman–Crippen LogP) is 7.61. The highest BCUT2D eigenvalue weighted by molar-refractivity contribution is 5.98. The zero-order valence-corrected chi connectivity index (χ0v) is 45.1. The van der Waals surface area contributed by atoms with E-state index in [1.54, 1.807) is 56.0 Å². The molecule has 2 bridgehead atoms. The molecule has 428 valence electrons. The van der Waals surface area contributed by atoms with Crippen molar-refractivity contribution in [1.82, 2.24) is 40.0 Å². The van der Waals surface area contributed by atoms with E-state index in [0.29, 0.717) is 93.5 Å². The number of halogens is 5. The zero-order chi connectivity index (χ0) is 55.9. The van der Waals surface area contributed by atoms with Crippen molar-refractivity contribution in [3.8, 4) is 0 Å². The highest BCUT2D eigenvalue weighted by Crippen LogP contribution is 2.68. The van der Waals surface area contributed by atoms with E-state index in [4.69, 9.17) is 4.74 Å². The van der Waals surface area contributed by atoms with Gasteiger partial charge in [-0.15, -0.1) is 0 Å². The van der Waals surface area contributed by atoms with E-state index in [1.807, 2.05) is 6.07 Å². The molecule has 4 saturated heterocycles. The largest absolute Gasteiger partial charge is 0.394 e. The van der Waals surface area contributed by atoms with Crippen molar-refractivity contribution >= 4 is 40.3 Å². The van der Waals surface area contributed by atoms with Gasteiger partial charge < -0.3 is 29.7 Å². The van der Waals surface area contributed by atoms with Crippen LogP contribution in [0.15, 0.2) is 65.5 Å². The van der Waals surface area contributed by atoms with E-state index >= 15 is 8.78 Å².